The van der Waals surface area contributed by atoms with Gasteiger partial charge in [0.1, 0.15) is 5.75 Å². The summed E-state index contributed by atoms with van der Waals surface area (Å²) in [5.41, 5.74) is 1.74. The molecule has 0 aliphatic carbocycles. The summed E-state index contributed by atoms with van der Waals surface area (Å²) in [5, 5.41) is 0. The fourth-order valence-electron chi connectivity index (χ4n) is 4.61. The van der Waals surface area contributed by atoms with Crippen LogP contribution >= 0.6 is 0 Å². The van der Waals surface area contributed by atoms with Gasteiger partial charge in [-0.1, -0.05) is 18.2 Å². The smallest absolute Gasteiger partial charge is 0.252 e. The molecular formula is C24H30N4O2. The second-order valence-electron chi connectivity index (χ2n) is 8.72. The van der Waals surface area contributed by atoms with E-state index in [9.17, 15) is 4.79 Å². The number of anilines is 1. The Bertz CT molecular complexity index is 958. The van der Waals surface area contributed by atoms with Gasteiger partial charge in [0.25, 0.3) is 5.91 Å². The maximum atomic E-state index is 12.7. The van der Waals surface area contributed by atoms with Crippen molar-refractivity contribution in [3.8, 4) is 5.75 Å². The number of aromatic nitrogens is 2. The summed E-state index contributed by atoms with van der Waals surface area (Å²) in [7, 11) is 0. The predicted molar refractivity (Wildman–Crippen MR) is 117 cm³/mol. The summed E-state index contributed by atoms with van der Waals surface area (Å²) < 4.78 is 5.85. The summed E-state index contributed by atoms with van der Waals surface area (Å²) in [6.07, 6.45) is 9.08. The van der Waals surface area contributed by atoms with Gasteiger partial charge in [0.05, 0.1) is 23.5 Å². The van der Waals surface area contributed by atoms with E-state index in [1.54, 1.807) is 18.5 Å². The summed E-state index contributed by atoms with van der Waals surface area (Å²) in [4.78, 5) is 25.9. The van der Waals surface area contributed by atoms with E-state index in [1.165, 1.54) is 5.56 Å². The van der Waals surface area contributed by atoms with Gasteiger partial charge in [-0.15, -0.1) is 0 Å². The number of aryl methyl sites for hydroxylation is 1. The van der Waals surface area contributed by atoms with E-state index >= 15 is 0 Å². The summed E-state index contributed by atoms with van der Waals surface area (Å²) in [5.74, 6) is 1.55. The molecule has 0 unspecified atom stereocenters. The topological polar surface area (TPSA) is 58.6 Å². The Morgan fingerprint density at radius 2 is 2.13 bits per heavy atom. The Labute approximate surface area is 178 Å². The summed E-state index contributed by atoms with van der Waals surface area (Å²) in [6, 6.07) is 8.67. The fourth-order valence-corrected chi connectivity index (χ4v) is 4.61. The van der Waals surface area contributed by atoms with Gasteiger partial charge in [0.2, 0.25) is 0 Å². The first-order valence-corrected chi connectivity index (χ1v) is 10.7. The van der Waals surface area contributed by atoms with Gasteiger partial charge in [0.15, 0.2) is 5.82 Å². The molecule has 2 aliphatic rings. The first kappa shape index (κ1) is 20.5. The second-order valence-corrected chi connectivity index (χ2v) is 8.72. The fraction of sp³-hybridized carbons (Fsp3) is 0.458. The molecule has 2 atom stereocenters. The van der Waals surface area contributed by atoms with Gasteiger partial charge < -0.3 is 4.74 Å². The molecule has 1 aromatic carbocycles. The van der Waals surface area contributed by atoms with E-state index in [2.05, 4.69) is 46.1 Å². The molecule has 1 saturated heterocycles. The Balaban J connectivity index is 1.50. The number of carbonyl (C=O) groups excluding carboxylic acids is 1. The van der Waals surface area contributed by atoms with E-state index in [0.717, 1.165) is 37.4 Å². The number of amides is 1. The van der Waals surface area contributed by atoms with Crippen molar-refractivity contribution in [3.63, 3.8) is 0 Å². The number of rotatable bonds is 5. The van der Waals surface area contributed by atoms with E-state index in [0.29, 0.717) is 11.9 Å². The molecule has 158 valence electrons. The van der Waals surface area contributed by atoms with Crippen molar-refractivity contribution in [2.45, 2.75) is 64.8 Å². The molecule has 2 aliphatic heterocycles. The Morgan fingerprint density at radius 1 is 1.30 bits per heavy atom. The SMILES string of the molecule is Cc1cncc(N2C(=O)C=C[C@]23CCN(Cc2cccc(OC(C)C)c2)[C@@H](C)C3)n1. The van der Waals surface area contributed by atoms with Crippen LogP contribution in [0.15, 0.2) is 48.8 Å². The van der Waals surface area contributed by atoms with Crippen molar-refractivity contribution in [3.05, 3.63) is 60.1 Å². The predicted octanol–water partition coefficient (Wildman–Crippen LogP) is 3.90. The number of benzene rings is 1. The van der Waals surface area contributed by atoms with Crippen LogP contribution in [0.25, 0.3) is 0 Å². The highest BCUT2D eigenvalue weighted by Gasteiger charge is 2.47. The molecule has 30 heavy (non-hydrogen) atoms. The van der Waals surface area contributed by atoms with Crippen molar-refractivity contribution in [1.29, 1.82) is 0 Å². The third-order valence-corrected chi connectivity index (χ3v) is 5.93. The van der Waals surface area contributed by atoms with Crippen LogP contribution in [0.2, 0.25) is 0 Å². The highest BCUT2D eigenvalue weighted by atomic mass is 16.5. The molecule has 0 radical (unpaired) electrons. The normalized spacial score (nSPS) is 24.2. The lowest BCUT2D eigenvalue weighted by Crippen LogP contribution is -2.56. The average molecular weight is 407 g/mol. The maximum absolute atomic E-state index is 12.7. The molecule has 1 aromatic heterocycles. The molecule has 4 rings (SSSR count). The van der Waals surface area contributed by atoms with Gasteiger partial charge in [-0.25, -0.2) is 4.98 Å². The zero-order valence-corrected chi connectivity index (χ0v) is 18.2. The van der Waals surface area contributed by atoms with Crippen molar-refractivity contribution in [2.24, 2.45) is 0 Å². The van der Waals surface area contributed by atoms with E-state index in [4.69, 9.17) is 4.74 Å². The van der Waals surface area contributed by atoms with Gasteiger partial charge in [-0.05, 0) is 58.2 Å². The van der Waals surface area contributed by atoms with Gasteiger partial charge in [-0.2, -0.15) is 0 Å². The second kappa shape index (κ2) is 8.19. The number of carbonyl (C=O) groups is 1. The van der Waals surface area contributed by atoms with Crippen molar-refractivity contribution in [1.82, 2.24) is 14.9 Å². The number of nitrogens with zero attached hydrogens (tertiary/aromatic N) is 4. The van der Waals surface area contributed by atoms with Crippen LogP contribution in [0, 0.1) is 6.92 Å². The number of hydrogen-bond donors (Lipinski definition) is 0. The number of piperidine rings is 1. The highest BCUT2D eigenvalue weighted by Crippen LogP contribution is 2.40. The first-order chi connectivity index (χ1) is 14.4. The van der Waals surface area contributed by atoms with Crippen LogP contribution in [0.1, 0.15) is 44.9 Å². The van der Waals surface area contributed by atoms with E-state index in [1.807, 2.05) is 31.7 Å². The lowest BCUT2D eigenvalue weighted by atomic mass is 9.83. The Kier molecular flexibility index (Phi) is 5.60. The van der Waals surface area contributed by atoms with E-state index < -0.39 is 0 Å². The quantitative estimate of drug-likeness (QED) is 0.754. The summed E-state index contributed by atoms with van der Waals surface area (Å²) in [6.45, 7) is 10.0. The zero-order valence-electron chi connectivity index (χ0n) is 18.2. The minimum absolute atomic E-state index is 0.00548. The van der Waals surface area contributed by atoms with Crippen LogP contribution in [-0.2, 0) is 11.3 Å². The van der Waals surface area contributed by atoms with Crippen LogP contribution in [0.5, 0.6) is 5.75 Å². The van der Waals surface area contributed by atoms with Gasteiger partial charge in [0, 0.05) is 31.4 Å². The zero-order chi connectivity index (χ0) is 21.3. The standard InChI is InChI=1S/C24H30N4O2/c1-17(2)30-21-7-5-6-20(12-21)16-27-11-10-24(13-19(27)4)9-8-23(29)28(24)22-15-25-14-18(3)26-22/h5-9,12,14-15,17,19H,10-11,13,16H2,1-4H3/t19-,24+/m0/s1. The molecule has 1 spiro atoms. The third-order valence-electron chi connectivity index (χ3n) is 5.93. The maximum Gasteiger partial charge on any atom is 0.252 e. The molecule has 0 saturated carbocycles. The van der Waals surface area contributed by atoms with Crippen LogP contribution < -0.4 is 9.64 Å². The average Bonchev–Trinajstić information content (AvgIpc) is 2.99. The van der Waals surface area contributed by atoms with Crippen molar-refractivity contribution in [2.75, 3.05) is 11.4 Å². The minimum atomic E-state index is -0.321. The lowest BCUT2D eigenvalue weighted by molar-refractivity contribution is -0.114. The summed E-state index contributed by atoms with van der Waals surface area (Å²) >= 11 is 0. The molecule has 0 N–H and O–H groups in total. The highest BCUT2D eigenvalue weighted by molar-refractivity contribution is 6.05. The molecule has 3 heterocycles. The van der Waals surface area contributed by atoms with Gasteiger partial charge in [-0.3, -0.25) is 19.6 Å². The van der Waals surface area contributed by atoms with Crippen LogP contribution in [0.4, 0.5) is 5.82 Å². The molecule has 2 aromatic rings. The van der Waals surface area contributed by atoms with E-state index in [-0.39, 0.29) is 17.6 Å². The van der Waals surface area contributed by atoms with Gasteiger partial charge >= 0.3 is 0 Å². The van der Waals surface area contributed by atoms with Crippen molar-refractivity contribution >= 4 is 11.7 Å². The minimum Gasteiger partial charge on any atom is -0.491 e. The number of likely N-dealkylation sites (tertiary alicyclic amines) is 1. The van der Waals surface area contributed by atoms with Crippen molar-refractivity contribution < 1.29 is 9.53 Å². The molecule has 1 amide bonds. The third kappa shape index (κ3) is 4.10. The molecule has 1 fully saturated rings. The number of hydrogen-bond acceptors (Lipinski definition) is 5. The largest absolute Gasteiger partial charge is 0.491 e. The molecule has 6 nitrogen and oxygen atoms in total. The van der Waals surface area contributed by atoms with Crippen LogP contribution in [-0.4, -0.2) is 45.0 Å². The Morgan fingerprint density at radius 3 is 2.87 bits per heavy atom. The molecule has 6 heteroatoms. The lowest BCUT2D eigenvalue weighted by Gasteiger charge is -2.47. The first-order valence-electron chi connectivity index (χ1n) is 10.7. The molecule has 0 bridgehead atoms. The monoisotopic (exact) mass is 406 g/mol. The van der Waals surface area contributed by atoms with Crippen LogP contribution in [0.3, 0.4) is 0 Å². The Hall–Kier alpha value is -2.73. The molecular weight excluding hydrogens is 376 g/mol. The number of ether oxygens (including phenoxy) is 1.